The molecule has 1 aromatic carbocycles. The lowest BCUT2D eigenvalue weighted by molar-refractivity contribution is 0.569. The summed E-state index contributed by atoms with van der Waals surface area (Å²) in [4.78, 5) is 4.34. The van der Waals surface area contributed by atoms with Gasteiger partial charge in [0.1, 0.15) is 0 Å². The fraction of sp³-hybridized carbons (Fsp3) is 0.389. The quantitative estimate of drug-likeness (QED) is 0.846. The Hall–Kier alpha value is -1.67. The summed E-state index contributed by atoms with van der Waals surface area (Å²) in [5.74, 6) is 0.687. The van der Waals surface area contributed by atoms with Gasteiger partial charge >= 0.3 is 0 Å². The average Bonchev–Trinajstić information content (AvgIpc) is 2.46. The molecule has 0 fully saturated rings. The van der Waals surface area contributed by atoms with Gasteiger partial charge < -0.3 is 5.32 Å². The van der Waals surface area contributed by atoms with E-state index in [4.69, 9.17) is 0 Å². The average molecular weight is 268 g/mol. The number of fused-ring (bicyclic) bond motifs is 1. The number of benzene rings is 1. The van der Waals surface area contributed by atoms with Crippen LogP contribution in [0.5, 0.6) is 0 Å². The van der Waals surface area contributed by atoms with Crippen LogP contribution in [0.4, 0.5) is 0 Å². The van der Waals surface area contributed by atoms with Crippen molar-refractivity contribution in [1.82, 2.24) is 10.3 Å². The molecular formula is C18H24N2. The summed E-state index contributed by atoms with van der Waals surface area (Å²) >= 11 is 0. The molecule has 2 nitrogen and oxygen atoms in total. The van der Waals surface area contributed by atoms with Crippen LogP contribution in [0.3, 0.4) is 0 Å². The second kappa shape index (κ2) is 7.20. The number of pyridine rings is 1. The first-order chi connectivity index (χ1) is 9.70. The highest BCUT2D eigenvalue weighted by Crippen LogP contribution is 2.20. The highest BCUT2D eigenvalue weighted by Gasteiger charge is 2.01. The van der Waals surface area contributed by atoms with E-state index in [0.29, 0.717) is 5.92 Å². The van der Waals surface area contributed by atoms with Gasteiger partial charge in [0.15, 0.2) is 0 Å². The topological polar surface area (TPSA) is 24.9 Å². The standard InChI is InChI=1S/C18H24N2/c1-4-15(11-19-10-14(2)3)9-17-13-20-12-16-7-5-6-8-18(16)17/h5-9,12-14,19H,4,10-11H2,1-3H3/b15-9-. The highest BCUT2D eigenvalue weighted by atomic mass is 14.9. The Bertz CT molecular complexity index is 579. The molecule has 0 bridgehead atoms. The van der Waals surface area contributed by atoms with E-state index in [1.54, 1.807) is 0 Å². The van der Waals surface area contributed by atoms with Gasteiger partial charge in [-0.15, -0.1) is 0 Å². The molecule has 0 aliphatic carbocycles. The van der Waals surface area contributed by atoms with Gasteiger partial charge in [-0.2, -0.15) is 0 Å². The fourth-order valence-electron chi connectivity index (χ4n) is 2.27. The minimum atomic E-state index is 0.687. The van der Waals surface area contributed by atoms with Crippen molar-refractivity contribution in [1.29, 1.82) is 0 Å². The number of aromatic nitrogens is 1. The monoisotopic (exact) mass is 268 g/mol. The van der Waals surface area contributed by atoms with Crippen LogP contribution in [0.25, 0.3) is 16.8 Å². The van der Waals surface area contributed by atoms with E-state index < -0.39 is 0 Å². The van der Waals surface area contributed by atoms with E-state index >= 15 is 0 Å². The molecule has 0 amide bonds. The smallest absolute Gasteiger partial charge is 0.0346 e. The van der Waals surface area contributed by atoms with E-state index in [2.05, 4.69) is 61.4 Å². The van der Waals surface area contributed by atoms with Crippen molar-refractivity contribution in [3.63, 3.8) is 0 Å². The Labute approximate surface area is 121 Å². The van der Waals surface area contributed by atoms with Gasteiger partial charge in [-0.25, -0.2) is 0 Å². The van der Waals surface area contributed by atoms with Crippen LogP contribution in [0.2, 0.25) is 0 Å². The second-order valence-electron chi connectivity index (χ2n) is 5.63. The van der Waals surface area contributed by atoms with Gasteiger partial charge in [-0.3, -0.25) is 4.98 Å². The van der Waals surface area contributed by atoms with Gasteiger partial charge in [0.2, 0.25) is 0 Å². The van der Waals surface area contributed by atoms with E-state index in [-0.39, 0.29) is 0 Å². The number of hydrogen-bond donors (Lipinski definition) is 1. The van der Waals surface area contributed by atoms with Gasteiger partial charge in [-0.05, 0) is 24.3 Å². The van der Waals surface area contributed by atoms with Crippen LogP contribution < -0.4 is 5.32 Å². The summed E-state index contributed by atoms with van der Waals surface area (Å²) in [5, 5.41) is 5.99. The van der Waals surface area contributed by atoms with Crippen LogP contribution in [-0.4, -0.2) is 18.1 Å². The van der Waals surface area contributed by atoms with Crippen molar-refractivity contribution in [2.75, 3.05) is 13.1 Å². The lowest BCUT2D eigenvalue weighted by Gasteiger charge is -2.10. The van der Waals surface area contributed by atoms with Crippen molar-refractivity contribution >= 4 is 16.8 Å². The van der Waals surface area contributed by atoms with E-state index in [9.17, 15) is 0 Å². The number of hydrogen-bond acceptors (Lipinski definition) is 2. The Kier molecular flexibility index (Phi) is 5.31. The van der Waals surface area contributed by atoms with Crippen molar-refractivity contribution < 1.29 is 0 Å². The molecule has 2 heteroatoms. The zero-order valence-electron chi connectivity index (χ0n) is 12.7. The van der Waals surface area contributed by atoms with E-state index in [1.165, 1.54) is 21.9 Å². The fourth-order valence-corrected chi connectivity index (χ4v) is 2.27. The SMILES string of the molecule is CC/C(=C/c1cncc2ccccc12)CNCC(C)C. The van der Waals surface area contributed by atoms with Crippen LogP contribution in [-0.2, 0) is 0 Å². The molecule has 0 atom stereocenters. The van der Waals surface area contributed by atoms with Crippen molar-refractivity contribution in [3.8, 4) is 0 Å². The van der Waals surface area contributed by atoms with Gasteiger partial charge in [0.05, 0.1) is 0 Å². The van der Waals surface area contributed by atoms with Crippen LogP contribution in [0.15, 0.2) is 42.2 Å². The van der Waals surface area contributed by atoms with Crippen LogP contribution in [0, 0.1) is 5.92 Å². The molecule has 0 aliphatic heterocycles. The lowest BCUT2D eigenvalue weighted by atomic mass is 10.0. The second-order valence-corrected chi connectivity index (χ2v) is 5.63. The van der Waals surface area contributed by atoms with Crippen molar-refractivity contribution in [3.05, 3.63) is 47.8 Å². The minimum Gasteiger partial charge on any atom is -0.313 e. The summed E-state index contributed by atoms with van der Waals surface area (Å²) in [5.41, 5.74) is 2.63. The normalized spacial score (nSPS) is 12.3. The molecule has 0 saturated carbocycles. The minimum absolute atomic E-state index is 0.687. The van der Waals surface area contributed by atoms with Gasteiger partial charge in [0, 0.05) is 29.9 Å². The third-order valence-corrected chi connectivity index (χ3v) is 3.42. The summed E-state index contributed by atoms with van der Waals surface area (Å²) < 4.78 is 0. The van der Waals surface area contributed by atoms with Crippen LogP contribution in [0.1, 0.15) is 32.8 Å². The summed E-state index contributed by atoms with van der Waals surface area (Å²) in [6, 6.07) is 8.42. The highest BCUT2D eigenvalue weighted by molar-refractivity contribution is 5.89. The van der Waals surface area contributed by atoms with E-state index in [0.717, 1.165) is 19.5 Å². The number of rotatable bonds is 6. The predicted octanol–water partition coefficient (Wildman–Crippen LogP) is 4.27. The molecule has 20 heavy (non-hydrogen) atoms. The van der Waals surface area contributed by atoms with Crippen LogP contribution >= 0.6 is 0 Å². The van der Waals surface area contributed by atoms with E-state index in [1.807, 2.05) is 12.4 Å². The summed E-state index contributed by atoms with van der Waals surface area (Å²) in [6.07, 6.45) is 7.23. The van der Waals surface area contributed by atoms with Crippen molar-refractivity contribution in [2.24, 2.45) is 5.92 Å². The molecule has 1 aromatic heterocycles. The maximum atomic E-state index is 4.34. The summed E-state index contributed by atoms with van der Waals surface area (Å²) in [7, 11) is 0. The zero-order valence-corrected chi connectivity index (χ0v) is 12.7. The zero-order chi connectivity index (χ0) is 14.4. The third-order valence-electron chi connectivity index (χ3n) is 3.42. The van der Waals surface area contributed by atoms with Gasteiger partial charge in [0.25, 0.3) is 0 Å². The number of nitrogens with one attached hydrogen (secondary N) is 1. The molecule has 0 spiro atoms. The molecule has 0 radical (unpaired) electrons. The molecule has 2 aromatic rings. The first kappa shape index (κ1) is 14.7. The first-order valence-corrected chi connectivity index (χ1v) is 7.43. The molecule has 2 rings (SSSR count). The molecular weight excluding hydrogens is 244 g/mol. The molecule has 0 unspecified atom stereocenters. The van der Waals surface area contributed by atoms with Crippen molar-refractivity contribution in [2.45, 2.75) is 27.2 Å². The Balaban J connectivity index is 2.21. The largest absolute Gasteiger partial charge is 0.313 e. The Morgan fingerprint density at radius 2 is 2.05 bits per heavy atom. The third kappa shape index (κ3) is 3.91. The maximum absolute atomic E-state index is 4.34. The number of nitrogens with zero attached hydrogens (tertiary/aromatic N) is 1. The summed E-state index contributed by atoms with van der Waals surface area (Å²) in [6.45, 7) is 8.69. The predicted molar refractivity (Wildman–Crippen MR) is 87.7 cm³/mol. The molecule has 106 valence electrons. The Morgan fingerprint density at radius 3 is 2.80 bits per heavy atom. The molecule has 0 saturated heterocycles. The van der Waals surface area contributed by atoms with Gasteiger partial charge in [-0.1, -0.05) is 56.7 Å². The Morgan fingerprint density at radius 1 is 1.25 bits per heavy atom. The molecule has 1 N–H and O–H groups in total. The maximum Gasteiger partial charge on any atom is 0.0346 e. The lowest BCUT2D eigenvalue weighted by Crippen LogP contribution is -2.21. The molecule has 1 heterocycles. The molecule has 0 aliphatic rings. The first-order valence-electron chi connectivity index (χ1n) is 7.43.